The van der Waals surface area contributed by atoms with E-state index in [0.717, 1.165) is 12.0 Å². The number of nitrogens with two attached hydrogens (primary N) is 1. The molecule has 0 aliphatic rings. The maximum absolute atomic E-state index is 5.90. The van der Waals surface area contributed by atoms with Gasteiger partial charge in [-0.1, -0.05) is 35.8 Å². The molecule has 2 aromatic rings. The second-order valence-electron chi connectivity index (χ2n) is 3.87. The minimum absolute atomic E-state index is 0.160. The molecule has 0 saturated carbocycles. The Morgan fingerprint density at radius 1 is 1.47 bits per heavy atom. The average molecular weight is 252 g/mol. The van der Waals surface area contributed by atoms with E-state index in [1.807, 2.05) is 31.2 Å². The van der Waals surface area contributed by atoms with E-state index in [1.54, 1.807) is 0 Å². The van der Waals surface area contributed by atoms with E-state index in [4.69, 9.17) is 21.9 Å². The topological polar surface area (TPSA) is 64.9 Å². The van der Waals surface area contributed by atoms with Crippen molar-refractivity contribution in [2.45, 2.75) is 25.8 Å². The van der Waals surface area contributed by atoms with Crippen molar-refractivity contribution in [3.63, 3.8) is 0 Å². The Balaban J connectivity index is 2.11. The van der Waals surface area contributed by atoms with Crippen LogP contribution in [-0.2, 0) is 6.42 Å². The number of aromatic nitrogens is 2. The van der Waals surface area contributed by atoms with Gasteiger partial charge in [0.05, 0.1) is 12.5 Å². The molecule has 0 spiro atoms. The molecule has 0 fully saturated rings. The molecule has 0 radical (unpaired) electrons. The maximum atomic E-state index is 5.90. The first-order valence-electron chi connectivity index (χ1n) is 5.51. The van der Waals surface area contributed by atoms with Crippen molar-refractivity contribution in [2.75, 3.05) is 0 Å². The van der Waals surface area contributed by atoms with Crippen molar-refractivity contribution in [1.29, 1.82) is 0 Å². The molecular weight excluding hydrogens is 238 g/mol. The fourth-order valence-electron chi connectivity index (χ4n) is 1.49. The zero-order chi connectivity index (χ0) is 12.3. The number of benzene rings is 1. The molecular formula is C12H14ClN3O. The van der Waals surface area contributed by atoms with Gasteiger partial charge in [-0.15, -0.1) is 0 Å². The summed E-state index contributed by atoms with van der Waals surface area (Å²) in [5.74, 6) is 1.12. The summed E-state index contributed by atoms with van der Waals surface area (Å²) in [6, 6.07) is 7.41. The van der Waals surface area contributed by atoms with E-state index in [1.165, 1.54) is 0 Å². The van der Waals surface area contributed by atoms with E-state index in [0.29, 0.717) is 23.2 Å². The van der Waals surface area contributed by atoms with Gasteiger partial charge in [-0.25, -0.2) is 0 Å². The maximum Gasteiger partial charge on any atom is 0.231 e. The van der Waals surface area contributed by atoms with E-state index < -0.39 is 0 Å². The van der Waals surface area contributed by atoms with Crippen molar-refractivity contribution in [1.82, 2.24) is 10.1 Å². The van der Waals surface area contributed by atoms with Crippen LogP contribution in [0.3, 0.4) is 0 Å². The quantitative estimate of drug-likeness (QED) is 0.907. The van der Waals surface area contributed by atoms with Crippen LogP contribution in [0.15, 0.2) is 28.8 Å². The molecule has 5 heteroatoms. The van der Waals surface area contributed by atoms with Crippen molar-refractivity contribution >= 4 is 11.6 Å². The number of nitrogens with zero attached hydrogens (tertiary/aromatic N) is 2. The van der Waals surface area contributed by atoms with E-state index in [2.05, 4.69) is 10.1 Å². The van der Waals surface area contributed by atoms with E-state index >= 15 is 0 Å². The minimum Gasteiger partial charge on any atom is -0.339 e. The highest BCUT2D eigenvalue weighted by atomic mass is 35.5. The molecule has 1 unspecified atom stereocenters. The molecule has 1 aromatic carbocycles. The fraction of sp³-hybridized carbons (Fsp3) is 0.333. The van der Waals surface area contributed by atoms with Crippen LogP contribution < -0.4 is 5.73 Å². The SMILES string of the molecule is CCC(N)c1noc(Cc2cccc(Cl)c2)n1. The van der Waals surface area contributed by atoms with Crippen molar-refractivity contribution in [3.05, 3.63) is 46.6 Å². The van der Waals surface area contributed by atoms with Gasteiger partial charge >= 0.3 is 0 Å². The van der Waals surface area contributed by atoms with Crippen molar-refractivity contribution in [3.8, 4) is 0 Å². The zero-order valence-corrected chi connectivity index (χ0v) is 10.3. The first kappa shape index (κ1) is 12.1. The summed E-state index contributed by atoms with van der Waals surface area (Å²) in [7, 11) is 0. The molecule has 0 aliphatic heterocycles. The Bertz CT molecular complexity index is 498. The van der Waals surface area contributed by atoms with E-state index in [9.17, 15) is 0 Å². The molecule has 90 valence electrons. The van der Waals surface area contributed by atoms with Crippen LogP contribution in [0.4, 0.5) is 0 Å². The van der Waals surface area contributed by atoms with Gasteiger partial charge in [0.15, 0.2) is 5.82 Å². The van der Waals surface area contributed by atoms with Crippen LogP contribution in [0.25, 0.3) is 0 Å². The second kappa shape index (κ2) is 5.29. The summed E-state index contributed by atoms with van der Waals surface area (Å²) in [5.41, 5.74) is 6.86. The zero-order valence-electron chi connectivity index (χ0n) is 9.56. The normalized spacial score (nSPS) is 12.6. The largest absolute Gasteiger partial charge is 0.339 e. The molecule has 0 amide bonds. The number of halogens is 1. The molecule has 1 aromatic heterocycles. The van der Waals surface area contributed by atoms with Crippen molar-refractivity contribution < 1.29 is 4.52 Å². The Labute approximate surface area is 105 Å². The van der Waals surface area contributed by atoms with Gasteiger partial charge in [0.25, 0.3) is 0 Å². The standard InChI is InChI=1S/C12H14ClN3O/c1-2-10(14)12-15-11(17-16-12)7-8-4-3-5-9(13)6-8/h3-6,10H,2,7,14H2,1H3. The van der Waals surface area contributed by atoms with Crippen LogP contribution >= 0.6 is 11.6 Å². The summed E-state index contributed by atoms with van der Waals surface area (Å²) >= 11 is 5.90. The van der Waals surface area contributed by atoms with Crippen LogP contribution in [-0.4, -0.2) is 10.1 Å². The van der Waals surface area contributed by atoms with Gasteiger partial charge in [-0.05, 0) is 24.1 Å². The molecule has 2 N–H and O–H groups in total. The first-order valence-corrected chi connectivity index (χ1v) is 5.89. The summed E-state index contributed by atoms with van der Waals surface area (Å²) in [4.78, 5) is 4.26. The van der Waals surface area contributed by atoms with Gasteiger partial charge in [-0.2, -0.15) is 4.98 Å². The monoisotopic (exact) mass is 251 g/mol. The lowest BCUT2D eigenvalue weighted by atomic mass is 10.1. The van der Waals surface area contributed by atoms with Crippen LogP contribution in [0.1, 0.15) is 36.7 Å². The lowest BCUT2D eigenvalue weighted by Gasteiger charge is -1.99. The fourth-order valence-corrected chi connectivity index (χ4v) is 1.71. The summed E-state index contributed by atoms with van der Waals surface area (Å²) in [6.07, 6.45) is 1.36. The van der Waals surface area contributed by atoms with Crippen molar-refractivity contribution in [2.24, 2.45) is 5.73 Å². The Morgan fingerprint density at radius 2 is 2.29 bits per heavy atom. The lowest BCUT2D eigenvalue weighted by molar-refractivity contribution is 0.375. The molecule has 0 saturated heterocycles. The first-order chi connectivity index (χ1) is 8.19. The molecule has 1 heterocycles. The molecule has 17 heavy (non-hydrogen) atoms. The number of rotatable bonds is 4. The lowest BCUT2D eigenvalue weighted by Crippen LogP contribution is -2.10. The third kappa shape index (κ3) is 3.05. The highest BCUT2D eigenvalue weighted by Crippen LogP contribution is 2.15. The highest BCUT2D eigenvalue weighted by molar-refractivity contribution is 6.30. The summed E-state index contributed by atoms with van der Waals surface area (Å²) in [5, 5.41) is 4.56. The molecule has 4 nitrogen and oxygen atoms in total. The van der Waals surface area contributed by atoms with E-state index in [-0.39, 0.29) is 6.04 Å². The Morgan fingerprint density at radius 3 is 3.00 bits per heavy atom. The highest BCUT2D eigenvalue weighted by Gasteiger charge is 2.12. The minimum atomic E-state index is -0.160. The average Bonchev–Trinajstić information content (AvgIpc) is 2.76. The smallest absolute Gasteiger partial charge is 0.231 e. The summed E-state index contributed by atoms with van der Waals surface area (Å²) in [6.45, 7) is 1.98. The van der Waals surface area contributed by atoms with Crippen LogP contribution in [0, 0.1) is 0 Å². The number of hydrogen-bond acceptors (Lipinski definition) is 4. The predicted octanol–water partition coefficient (Wildman–Crippen LogP) is 2.72. The Hall–Kier alpha value is -1.39. The summed E-state index contributed by atoms with van der Waals surface area (Å²) < 4.78 is 5.15. The Kier molecular flexibility index (Phi) is 3.76. The van der Waals surface area contributed by atoms with Gasteiger partial charge in [0.2, 0.25) is 5.89 Å². The number of hydrogen-bond donors (Lipinski definition) is 1. The van der Waals surface area contributed by atoms with Crippen LogP contribution in [0.2, 0.25) is 5.02 Å². The van der Waals surface area contributed by atoms with Gasteiger partial charge in [0.1, 0.15) is 0 Å². The molecule has 2 rings (SSSR count). The van der Waals surface area contributed by atoms with Gasteiger partial charge < -0.3 is 10.3 Å². The van der Waals surface area contributed by atoms with Gasteiger partial charge in [-0.3, -0.25) is 0 Å². The third-order valence-corrected chi connectivity index (χ3v) is 2.73. The van der Waals surface area contributed by atoms with Gasteiger partial charge in [0, 0.05) is 5.02 Å². The molecule has 0 bridgehead atoms. The molecule has 0 aliphatic carbocycles. The third-order valence-electron chi connectivity index (χ3n) is 2.50. The second-order valence-corrected chi connectivity index (χ2v) is 4.30. The molecule has 1 atom stereocenters. The predicted molar refractivity (Wildman–Crippen MR) is 65.8 cm³/mol. The van der Waals surface area contributed by atoms with Crippen LogP contribution in [0.5, 0.6) is 0 Å².